The van der Waals surface area contributed by atoms with Crippen LogP contribution in [0.3, 0.4) is 0 Å². The fraction of sp³-hybridized carbons (Fsp3) is 0.455. The molecule has 0 aliphatic heterocycles. The molecule has 29 heavy (non-hydrogen) atoms. The normalized spacial score (nSPS) is 10.9. The van der Waals surface area contributed by atoms with E-state index in [1.807, 2.05) is 26.0 Å². The van der Waals surface area contributed by atoms with Crippen molar-refractivity contribution in [3.05, 3.63) is 52.6 Å². The van der Waals surface area contributed by atoms with E-state index in [0.717, 1.165) is 5.56 Å². The largest absolute Gasteiger partial charge is 0.461 e. The fourth-order valence-electron chi connectivity index (χ4n) is 3.41. The SMILES string of the molecule is CCOC(=O)c1c(C)c(C(=O)CN(Cc2ccncc2)C(=O)C(C)C)c(C)n1C. The summed E-state index contributed by atoms with van der Waals surface area (Å²) in [4.78, 5) is 43.8. The Morgan fingerprint density at radius 3 is 2.34 bits per heavy atom. The van der Waals surface area contributed by atoms with Gasteiger partial charge in [-0.05, 0) is 44.0 Å². The molecule has 0 saturated heterocycles. The second kappa shape index (κ2) is 9.49. The quantitative estimate of drug-likeness (QED) is 0.503. The summed E-state index contributed by atoms with van der Waals surface area (Å²) in [6, 6.07) is 3.64. The van der Waals surface area contributed by atoms with Gasteiger partial charge in [0.15, 0.2) is 5.78 Å². The van der Waals surface area contributed by atoms with Crippen LogP contribution in [0.15, 0.2) is 24.5 Å². The number of nitrogens with zero attached hydrogens (tertiary/aromatic N) is 3. The highest BCUT2D eigenvalue weighted by molar-refractivity contribution is 6.04. The molecule has 0 saturated carbocycles. The molecule has 0 aromatic carbocycles. The predicted molar refractivity (Wildman–Crippen MR) is 110 cm³/mol. The molecule has 0 spiro atoms. The highest BCUT2D eigenvalue weighted by Crippen LogP contribution is 2.23. The van der Waals surface area contributed by atoms with Gasteiger partial charge in [0.1, 0.15) is 5.69 Å². The summed E-state index contributed by atoms with van der Waals surface area (Å²) >= 11 is 0. The Morgan fingerprint density at radius 1 is 1.17 bits per heavy atom. The molecule has 0 atom stereocenters. The van der Waals surface area contributed by atoms with Crippen molar-refractivity contribution in [3.63, 3.8) is 0 Å². The first-order valence-electron chi connectivity index (χ1n) is 9.72. The van der Waals surface area contributed by atoms with Gasteiger partial charge in [-0.3, -0.25) is 14.6 Å². The van der Waals surface area contributed by atoms with E-state index in [-0.39, 0.29) is 30.8 Å². The number of aromatic nitrogens is 2. The van der Waals surface area contributed by atoms with Crippen molar-refractivity contribution in [1.29, 1.82) is 0 Å². The summed E-state index contributed by atoms with van der Waals surface area (Å²) in [6.07, 6.45) is 3.32. The topological polar surface area (TPSA) is 81.5 Å². The number of rotatable bonds is 8. The van der Waals surface area contributed by atoms with Gasteiger partial charge in [-0.2, -0.15) is 0 Å². The Balaban J connectivity index is 2.35. The molecule has 0 N–H and O–H groups in total. The van der Waals surface area contributed by atoms with Gasteiger partial charge in [-0.1, -0.05) is 13.8 Å². The number of Topliss-reactive ketones (excluding diaryl/α,β-unsaturated/α-hetero) is 1. The summed E-state index contributed by atoms with van der Waals surface area (Å²) in [7, 11) is 1.74. The van der Waals surface area contributed by atoms with E-state index in [1.165, 1.54) is 0 Å². The number of ether oxygens (including phenoxy) is 1. The second-order valence-electron chi connectivity index (χ2n) is 7.34. The van der Waals surface area contributed by atoms with E-state index in [2.05, 4.69) is 4.98 Å². The van der Waals surface area contributed by atoms with Crippen LogP contribution < -0.4 is 0 Å². The lowest BCUT2D eigenvalue weighted by atomic mass is 10.0. The zero-order chi connectivity index (χ0) is 21.7. The van der Waals surface area contributed by atoms with Crippen molar-refractivity contribution in [2.45, 2.75) is 41.2 Å². The molecule has 7 nitrogen and oxygen atoms in total. The Hall–Kier alpha value is -2.96. The Morgan fingerprint density at radius 2 is 1.79 bits per heavy atom. The van der Waals surface area contributed by atoms with Crippen LogP contribution in [0.2, 0.25) is 0 Å². The lowest BCUT2D eigenvalue weighted by Gasteiger charge is -2.24. The Bertz CT molecular complexity index is 901. The van der Waals surface area contributed by atoms with Gasteiger partial charge in [-0.25, -0.2) is 4.79 Å². The van der Waals surface area contributed by atoms with Gasteiger partial charge < -0.3 is 14.2 Å². The van der Waals surface area contributed by atoms with E-state index in [9.17, 15) is 14.4 Å². The lowest BCUT2D eigenvalue weighted by molar-refractivity contribution is -0.134. The number of esters is 1. The van der Waals surface area contributed by atoms with Crippen LogP contribution in [0.5, 0.6) is 0 Å². The molecular weight excluding hydrogens is 370 g/mol. The minimum atomic E-state index is -0.457. The minimum Gasteiger partial charge on any atom is -0.461 e. The maximum Gasteiger partial charge on any atom is 0.355 e. The van der Waals surface area contributed by atoms with E-state index in [4.69, 9.17) is 4.74 Å². The monoisotopic (exact) mass is 399 g/mol. The van der Waals surface area contributed by atoms with Crippen molar-refractivity contribution in [2.24, 2.45) is 13.0 Å². The maximum atomic E-state index is 13.2. The van der Waals surface area contributed by atoms with E-state index in [0.29, 0.717) is 29.1 Å². The van der Waals surface area contributed by atoms with E-state index in [1.54, 1.807) is 49.7 Å². The highest BCUT2D eigenvalue weighted by Gasteiger charge is 2.28. The number of carbonyl (C=O) groups excluding carboxylic acids is 3. The molecule has 156 valence electrons. The first-order chi connectivity index (χ1) is 13.7. The first kappa shape index (κ1) is 22.3. The van der Waals surface area contributed by atoms with Crippen molar-refractivity contribution >= 4 is 17.7 Å². The average molecular weight is 399 g/mol. The van der Waals surface area contributed by atoms with E-state index < -0.39 is 5.97 Å². The third kappa shape index (κ3) is 4.91. The summed E-state index contributed by atoms with van der Waals surface area (Å²) in [5.74, 6) is -1.000. The van der Waals surface area contributed by atoms with Crippen LogP contribution in [-0.2, 0) is 23.1 Å². The molecule has 0 unspecified atom stereocenters. The summed E-state index contributed by atoms with van der Waals surface area (Å²) < 4.78 is 6.80. The molecule has 1 amide bonds. The fourth-order valence-corrected chi connectivity index (χ4v) is 3.41. The Kier molecular flexibility index (Phi) is 7.31. The van der Waals surface area contributed by atoms with Gasteiger partial charge in [0.05, 0.1) is 13.2 Å². The highest BCUT2D eigenvalue weighted by atomic mass is 16.5. The van der Waals surface area contributed by atoms with Crippen LogP contribution in [0.25, 0.3) is 0 Å². The number of pyridine rings is 1. The van der Waals surface area contributed by atoms with Crippen molar-refractivity contribution in [2.75, 3.05) is 13.2 Å². The number of ketones is 1. The number of carbonyl (C=O) groups is 3. The molecule has 2 aromatic heterocycles. The molecule has 2 heterocycles. The third-order valence-corrected chi connectivity index (χ3v) is 4.94. The van der Waals surface area contributed by atoms with Gasteiger partial charge >= 0.3 is 5.97 Å². The summed E-state index contributed by atoms with van der Waals surface area (Å²) in [6.45, 7) is 9.41. The predicted octanol–water partition coefficient (Wildman–Crippen LogP) is 3.08. The lowest BCUT2D eigenvalue weighted by Crippen LogP contribution is -2.38. The maximum absolute atomic E-state index is 13.2. The molecule has 7 heteroatoms. The number of amides is 1. The zero-order valence-electron chi connectivity index (χ0n) is 18.0. The van der Waals surface area contributed by atoms with Crippen LogP contribution in [0.4, 0.5) is 0 Å². The smallest absolute Gasteiger partial charge is 0.355 e. The second-order valence-corrected chi connectivity index (χ2v) is 7.34. The van der Waals surface area contributed by atoms with Crippen molar-refractivity contribution in [3.8, 4) is 0 Å². The molecule has 0 aliphatic carbocycles. The summed E-state index contributed by atoms with van der Waals surface area (Å²) in [5, 5.41) is 0. The van der Waals surface area contributed by atoms with E-state index >= 15 is 0 Å². The molecule has 2 aromatic rings. The van der Waals surface area contributed by atoms with Crippen LogP contribution >= 0.6 is 0 Å². The van der Waals surface area contributed by atoms with Gasteiger partial charge in [0.2, 0.25) is 5.91 Å². The molecule has 0 fully saturated rings. The van der Waals surface area contributed by atoms with Crippen LogP contribution in [0, 0.1) is 19.8 Å². The van der Waals surface area contributed by atoms with Gasteiger partial charge in [-0.15, -0.1) is 0 Å². The summed E-state index contributed by atoms with van der Waals surface area (Å²) in [5.41, 5.74) is 2.98. The molecular formula is C22H29N3O4. The third-order valence-electron chi connectivity index (χ3n) is 4.94. The standard InChI is InChI=1S/C22H29N3O4/c1-7-29-22(28)20-15(4)19(16(5)24(20)6)18(26)13-25(21(27)14(2)3)12-17-8-10-23-11-9-17/h8-11,14H,7,12-13H2,1-6H3. The molecule has 0 bridgehead atoms. The minimum absolute atomic E-state index is 0.0622. The average Bonchev–Trinajstić information content (AvgIpc) is 2.90. The van der Waals surface area contributed by atoms with Crippen LogP contribution in [-0.4, -0.2) is 45.3 Å². The zero-order valence-corrected chi connectivity index (χ0v) is 18.0. The molecule has 0 radical (unpaired) electrons. The first-order valence-corrected chi connectivity index (χ1v) is 9.72. The number of hydrogen-bond acceptors (Lipinski definition) is 5. The molecule has 2 rings (SSSR count). The van der Waals surface area contributed by atoms with Crippen LogP contribution in [0.1, 0.15) is 58.4 Å². The van der Waals surface area contributed by atoms with Gasteiger partial charge in [0.25, 0.3) is 0 Å². The van der Waals surface area contributed by atoms with Crippen molar-refractivity contribution in [1.82, 2.24) is 14.5 Å². The van der Waals surface area contributed by atoms with Crippen molar-refractivity contribution < 1.29 is 19.1 Å². The Labute approximate surface area is 171 Å². The van der Waals surface area contributed by atoms with Gasteiger partial charge in [0, 0.05) is 43.2 Å². The number of hydrogen-bond donors (Lipinski definition) is 0. The molecule has 0 aliphatic rings.